The molecular weight excluding hydrogens is 254 g/mol. The molecule has 0 fully saturated rings. The SMILES string of the molecule is CN(CCC#N)C(=O)c1ccn(-c2cccc(N)c2)n1. The van der Waals surface area contributed by atoms with Gasteiger partial charge in [0.1, 0.15) is 0 Å². The number of nitrogens with two attached hydrogens (primary N) is 1. The van der Waals surface area contributed by atoms with E-state index in [4.69, 9.17) is 11.0 Å². The van der Waals surface area contributed by atoms with Gasteiger partial charge in [0.05, 0.1) is 18.2 Å². The molecule has 0 spiro atoms. The van der Waals surface area contributed by atoms with Crippen LogP contribution in [0.5, 0.6) is 0 Å². The molecule has 20 heavy (non-hydrogen) atoms. The highest BCUT2D eigenvalue weighted by molar-refractivity contribution is 5.92. The predicted octanol–water partition coefficient (Wildman–Crippen LogP) is 1.44. The van der Waals surface area contributed by atoms with Crippen LogP contribution in [0.15, 0.2) is 36.5 Å². The number of carbonyl (C=O) groups is 1. The average molecular weight is 269 g/mol. The summed E-state index contributed by atoms with van der Waals surface area (Å²) in [5.74, 6) is -0.206. The molecule has 0 aliphatic heterocycles. The molecule has 0 aliphatic rings. The number of nitrogen functional groups attached to an aromatic ring is 1. The normalized spacial score (nSPS) is 10.0. The zero-order valence-electron chi connectivity index (χ0n) is 11.2. The van der Waals surface area contributed by atoms with Gasteiger partial charge in [-0.25, -0.2) is 4.68 Å². The van der Waals surface area contributed by atoms with Gasteiger partial charge in [0.25, 0.3) is 5.91 Å². The lowest BCUT2D eigenvalue weighted by molar-refractivity contribution is 0.0792. The first-order valence-electron chi connectivity index (χ1n) is 6.16. The molecule has 0 saturated heterocycles. The summed E-state index contributed by atoms with van der Waals surface area (Å²) in [5, 5.41) is 12.8. The van der Waals surface area contributed by atoms with E-state index in [1.54, 1.807) is 36.1 Å². The molecule has 6 heteroatoms. The van der Waals surface area contributed by atoms with Crippen LogP contribution in [0.1, 0.15) is 16.9 Å². The van der Waals surface area contributed by atoms with Crippen LogP contribution in [-0.2, 0) is 0 Å². The van der Waals surface area contributed by atoms with E-state index in [0.29, 0.717) is 24.3 Å². The van der Waals surface area contributed by atoms with Crippen molar-refractivity contribution in [2.45, 2.75) is 6.42 Å². The van der Waals surface area contributed by atoms with Crippen molar-refractivity contribution in [3.63, 3.8) is 0 Å². The average Bonchev–Trinajstić information content (AvgIpc) is 2.93. The van der Waals surface area contributed by atoms with E-state index in [1.165, 1.54) is 4.90 Å². The van der Waals surface area contributed by atoms with Gasteiger partial charge in [0, 0.05) is 25.5 Å². The molecule has 1 heterocycles. The zero-order valence-corrected chi connectivity index (χ0v) is 11.2. The van der Waals surface area contributed by atoms with E-state index in [9.17, 15) is 4.79 Å². The summed E-state index contributed by atoms with van der Waals surface area (Å²) in [6, 6.07) is 10.9. The lowest BCUT2D eigenvalue weighted by Crippen LogP contribution is -2.28. The Labute approximate surface area is 117 Å². The van der Waals surface area contributed by atoms with Gasteiger partial charge in [-0.1, -0.05) is 6.07 Å². The molecular formula is C14H15N5O. The Morgan fingerprint density at radius 2 is 2.30 bits per heavy atom. The quantitative estimate of drug-likeness (QED) is 0.851. The van der Waals surface area contributed by atoms with Crippen LogP contribution in [0, 0.1) is 11.3 Å². The number of benzene rings is 1. The van der Waals surface area contributed by atoms with Gasteiger partial charge in [-0.2, -0.15) is 10.4 Å². The van der Waals surface area contributed by atoms with Gasteiger partial charge in [0.2, 0.25) is 0 Å². The van der Waals surface area contributed by atoms with Gasteiger partial charge in [-0.15, -0.1) is 0 Å². The predicted molar refractivity (Wildman–Crippen MR) is 75.2 cm³/mol. The monoisotopic (exact) mass is 269 g/mol. The molecule has 0 saturated carbocycles. The van der Waals surface area contributed by atoms with E-state index in [-0.39, 0.29) is 5.91 Å². The molecule has 0 aliphatic carbocycles. The molecule has 2 aromatic rings. The van der Waals surface area contributed by atoms with Crippen LogP contribution in [0.25, 0.3) is 5.69 Å². The van der Waals surface area contributed by atoms with Crippen LogP contribution in [0.2, 0.25) is 0 Å². The number of aromatic nitrogens is 2. The molecule has 1 aromatic carbocycles. The standard InChI is InChI=1S/C14H15N5O/c1-18(8-3-7-15)14(20)13-6-9-19(17-13)12-5-2-4-11(16)10-12/h2,4-6,9-10H,3,8,16H2,1H3. The van der Waals surface area contributed by atoms with Crippen LogP contribution < -0.4 is 5.73 Å². The summed E-state index contributed by atoms with van der Waals surface area (Å²) in [7, 11) is 1.65. The number of hydrogen-bond donors (Lipinski definition) is 1. The minimum Gasteiger partial charge on any atom is -0.399 e. The minimum atomic E-state index is -0.206. The molecule has 6 nitrogen and oxygen atoms in total. The Morgan fingerprint density at radius 3 is 3.00 bits per heavy atom. The molecule has 1 aromatic heterocycles. The van der Waals surface area contributed by atoms with Gasteiger partial charge in [-0.3, -0.25) is 4.79 Å². The largest absolute Gasteiger partial charge is 0.399 e. The third-order valence-corrected chi connectivity index (χ3v) is 2.85. The van der Waals surface area contributed by atoms with Crippen molar-refractivity contribution in [3.8, 4) is 11.8 Å². The summed E-state index contributed by atoms with van der Waals surface area (Å²) in [5.41, 5.74) is 7.49. The lowest BCUT2D eigenvalue weighted by Gasteiger charge is -2.13. The number of carbonyl (C=O) groups excluding carboxylic acids is 1. The second-order valence-electron chi connectivity index (χ2n) is 4.38. The number of hydrogen-bond acceptors (Lipinski definition) is 4. The number of rotatable bonds is 4. The van der Waals surface area contributed by atoms with E-state index >= 15 is 0 Å². The number of amides is 1. The van der Waals surface area contributed by atoms with E-state index in [1.807, 2.05) is 18.2 Å². The van der Waals surface area contributed by atoms with Gasteiger partial charge in [0.15, 0.2) is 5.69 Å². The first kappa shape index (κ1) is 13.6. The summed E-state index contributed by atoms with van der Waals surface area (Å²) >= 11 is 0. The Morgan fingerprint density at radius 1 is 1.50 bits per heavy atom. The van der Waals surface area contributed by atoms with Crippen LogP contribution in [0.3, 0.4) is 0 Å². The van der Waals surface area contributed by atoms with Crippen molar-refractivity contribution in [1.29, 1.82) is 5.26 Å². The third kappa shape index (κ3) is 2.95. The van der Waals surface area contributed by atoms with Gasteiger partial charge < -0.3 is 10.6 Å². The topological polar surface area (TPSA) is 87.9 Å². The van der Waals surface area contributed by atoms with Crippen LogP contribution in [-0.4, -0.2) is 34.2 Å². The van der Waals surface area contributed by atoms with Crippen molar-refractivity contribution < 1.29 is 4.79 Å². The summed E-state index contributed by atoms with van der Waals surface area (Å²) in [6.45, 7) is 0.389. The molecule has 0 radical (unpaired) electrons. The molecule has 102 valence electrons. The van der Waals surface area contributed by atoms with Crippen molar-refractivity contribution in [3.05, 3.63) is 42.2 Å². The smallest absolute Gasteiger partial charge is 0.274 e. The summed E-state index contributed by atoms with van der Waals surface area (Å²) < 4.78 is 1.60. The van der Waals surface area contributed by atoms with Crippen LogP contribution >= 0.6 is 0 Å². The van der Waals surface area contributed by atoms with Crippen molar-refractivity contribution >= 4 is 11.6 Å². The summed E-state index contributed by atoms with van der Waals surface area (Å²) in [4.78, 5) is 13.6. The van der Waals surface area contributed by atoms with Crippen molar-refractivity contribution in [1.82, 2.24) is 14.7 Å². The fourth-order valence-electron chi connectivity index (χ4n) is 1.76. The summed E-state index contributed by atoms with van der Waals surface area (Å²) in [6.07, 6.45) is 2.01. The first-order valence-corrected chi connectivity index (χ1v) is 6.16. The molecule has 0 atom stereocenters. The van der Waals surface area contributed by atoms with E-state index in [0.717, 1.165) is 5.69 Å². The zero-order chi connectivity index (χ0) is 14.5. The maximum atomic E-state index is 12.1. The maximum absolute atomic E-state index is 12.1. The second kappa shape index (κ2) is 5.89. The van der Waals surface area contributed by atoms with Crippen molar-refractivity contribution in [2.75, 3.05) is 19.3 Å². The van der Waals surface area contributed by atoms with Crippen molar-refractivity contribution in [2.24, 2.45) is 0 Å². The van der Waals surface area contributed by atoms with Crippen LogP contribution in [0.4, 0.5) is 5.69 Å². The maximum Gasteiger partial charge on any atom is 0.274 e. The molecule has 0 bridgehead atoms. The number of nitriles is 1. The molecule has 2 rings (SSSR count). The number of anilines is 1. The lowest BCUT2D eigenvalue weighted by atomic mass is 10.3. The Hall–Kier alpha value is -2.81. The Balaban J connectivity index is 2.17. The third-order valence-electron chi connectivity index (χ3n) is 2.85. The molecule has 2 N–H and O–H groups in total. The first-order chi connectivity index (χ1) is 9.61. The minimum absolute atomic E-state index is 0.206. The highest BCUT2D eigenvalue weighted by atomic mass is 16.2. The molecule has 0 unspecified atom stereocenters. The second-order valence-corrected chi connectivity index (χ2v) is 4.38. The Bertz CT molecular complexity index is 656. The highest BCUT2D eigenvalue weighted by Gasteiger charge is 2.14. The van der Waals surface area contributed by atoms with Gasteiger partial charge in [-0.05, 0) is 24.3 Å². The number of nitrogens with zero attached hydrogens (tertiary/aromatic N) is 4. The fourth-order valence-corrected chi connectivity index (χ4v) is 1.76. The van der Waals surface area contributed by atoms with Gasteiger partial charge >= 0.3 is 0 Å². The fraction of sp³-hybridized carbons (Fsp3) is 0.214. The molecule has 1 amide bonds. The van der Waals surface area contributed by atoms with E-state index < -0.39 is 0 Å². The highest BCUT2D eigenvalue weighted by Crippen LogP contribution is 2.12. The Kier molecular flexibility index (Phi) is 4.01. The van der Waals surface area contributed by atoms with E-state index in [2.05, 4.69) is 5.10 Å².